The van der Waals surface area contributed by atoms with Gasteiger partial charge in [0.25, 0.3) is 0 Å². The quantitative estimate of drug-likeness (QED) is 0.698. The van der Waals surface area contributed by atoms with E-state index in [1.165, 1.54) is 5.52 Å². The maximum absolute atomic E-state index is 5.56. The fourth-order valence-corrected chi connectivity index (χ4v) is 3.36. The maximum atomic E-state index is 5.56. The lowest BCUT2D eigenvalue weighted by molar-refractivity contribution is 0.371. The third kappa shape index (κ3) is 1.95. The number of nitrogens with zero attached hydrogens (tertiary/aromatic N) is 2. The van der Waals surface area contributed by atoms with Gasteiger partial charge in [-0.3, -0.25) is 4.98 Å². The number of benzene rings is 1. The molecule has 0 spiro atoms. The van der Waals surface area contributed by atoms with Crippen LogP contribution in [0.3, 0.4) is 0 Å². The molecule has 3 nitrogen and oxygen atoms in total. The summed E-state index contributed by atoms with van der Waals surface area (Å²) >= 11 is 5.56. The Morgan fingerprint density at radius 2 is 2.05 bits per heavy atom. The molecule has 104 valence electrons. The molecule has 3 rings (SSSR count). The molecule has 0 radical (unpaired) electrons. The zero-order valence-corrected chi connectivity index (χ0v) is 12.9. The maximum Gasteiger partial charge on any atom is 0.178 e. The molecule has 0 aliphatic carbocycles. The van der Waals surface area contributed by atoms with E-state index < -0.39 is 0 Å². The molecular weight excluding hydrogens is 266 g/mol. The van der Waals surface area contributed by atoms with Crippen LogP contribution in [0.25, 0.3) is 21.9 Å². The van der Waals surface area contributed by atoms with Gasteiger partial charge in [0.2, 0.25) is 0 Å². The van der Waals surface area contributed by atoms with Crippen molar-refractivity contribution in [3.05, 3.63) is 35.2 Å². The summed E-state index contributed by atoms with van der Waals surface area (Å²) in [5.41, 5.74) is 3.22. The minimum absolute atomic E-state index is 0.405. The second kappa shape index (κ2) is 5.02. The monoisotopic (exact) mass is 285 g/mol. The number of hydrogen-bond donors (Lipinski definition) is 1. The van der Waals surface area contributed by atoms with Crippen LogP contribution < -0.4 is 0 Å². The van der Waals surface area contributed by atoms with Crippen molar-refractivity contribution in [2.45, 2.75) is 33.2 Å². The van der Waals surface area contributed by atoms with Crippen LogP contribution in [0.5, 0.6) is 0 Å². The van der Waals surface area contributed by atoms with Crippen LogP contribution in [0, 0.1) is 10.7 Å². The molecule has 3 aromatic rings. The summed E-state index contributed by atoms with van der Waals surface area (Å²) in [4.78, 5) is 7.81. The summed E-state index contributed by atoms with van der Waals surface area (Å²) in [5, 5.41) is 1.16. The smallest absolute Gasteiger partial charge is 0.178 e. The Hall–Kier alpha value is -1.68. The standard InChI is InChI=1S/C16H19N3S/c1-4-14(10(2)3)19-15-11-7-5-6-8-12(11)17-9-13(15)18-16(19)20/h5-10,14H,4H2,1-3H3,(H,18,20). The average molecular weight is 285 g/mol. The lowest BCUT2D eigenvalue weighted by Gasteiger charge is -2.22. The molecule has 2 aromatic heterocycles. The predicted molar refractivity (Wildman–Crippen MR) is 86.6 cm³/mol. The lowest BCUT2D eigenvalue weighted by atomic mass is 10.0. The van der Waals surface area contributed by atoms with Crippen molar-refractivity contribution < 1.29 is 0 Å². The van der Waals surface area contributed by atoms with Crippen molar-refractivity contribution in [1.82, 2.24) is 14.5 Å². The lowest BCUT2D eigenvalue weighted by Crippen LogP contribution is -2.14. The molecule has 4 heteroatoms. The summed E-state index contributed by atoms with van der Waals surface area (Å²) in [6.45, 7) is 6.71. The number of imidazole rings is 1. The van der Waals surface area contributed by atoms with Crippen LogP contribution in [0.2, 0.25) is 0 Å². The van der Waals surface area contributed by atoms with E-state index in [0.29, 0.717) is 12.0 Å². The first-order valence-corrected chi connectivity index (χ1v) is 7.52. The fourth-order valence-electron chi connectivity index (χ4n) is 3.02. The Morgan fingerprint density at radius 1 is 1.30 bits per heavy atom. The van der Waals surface area contributed by atoms with E-state index in [0.717, 1.165) is 27.6 Å². The molecule has 0 bridgehead atoms. The highest BCUT2D eigenvalue weighted by atomic mass is 32.1. The third-order valence-electron chi connectivity index (χ3n) is 3.97. The number of hydrogen-bond acceptors (Lipinski definition) is 2. The van der Waals surface area contributed by atoms with Crippen LogP contribution in [0.15, 0.2) is 30.5 Å². The number of aromatic amines is 1. The van der Waals surface area contributed by atoms with Gasteiger partial charge in [-0.2, -0.15) is 0 Å². The summed E-state index contributed by atoms with van der Waals surface area (Å²) < 4.78 is 3.07. The van der Waals surface area contributed by atoms with E-state index in [1.54, 1.807) is 0 Å². The Balaban J connectivity index is 2.44. The van der Waals surface area contributed by atoms with Gasteiger partial charge in [-0.25, -0.2) is 0 Å². The molecule has 1 aromatic carbocycles. The molecule has 0 fully saturated rings. The minimum Gasteiger partial charge on any atom is -0.329 e. The van der Waals surface area contributed by atoms with Gasteiger partial charge >= 0.3 is 0 Å². The highest BCUT2D eigenvalue weighted by molar-refractivity contribution is 7.71. The number of para-hydroxylation sites is 1. The molecule has 0 aliphatic heterocycles. The van der Waals surface area contributed by atoms with Gasteiger partial charge in [0.05, 0.1) is 22.7 Å². The molecular formula is C16H19N3S. The van der Waals surface area contributed by atoms with Gasteiger partial charge < -0.3 is 9.55 Å². The first-order valence-electron chi connectivity index (χ1n) is 7.11. The number of rotatable bonds is 3. The summed E-state index contributed by atoms with van der Waals surface area (Å²) in [5.74, 6) is 0.539. The highest BCUT2D eigenvalue weighted by Crippen LogP contribution is 2.30. The zero-order chi connectivity index (χ0) is 14.3. The second-order valence-corrected chi connectivity index (χ2v) is 5.94. The molecule has 0 aliphatic rings. The van der Waals surface area contributed by atoms with Gasteiger partial charge in [-0.15, -0.1) is 0 Å². The second-order valence-electron chi connectivity index (χ2n) is 5.56. The Labute approximate surface area is 123 Å². The van der Waals surface area contributed by atoms with Crippen molar-refractivity contribution in [1.29, 1.82) is 0 Å². The van der Waals surface area contributed by atoms with Crippen molar-refractivity contribution in [3.63, 3.8) is 0 Å². The minimum atomic E-state index is 0.405. The Morgan fingerprint density at radius 3 is 2.75 bits per heavy atom. The Bertz CT molecular complexity index is 813. The number of aromatic nitrogens is 3. The highest BCUT2D eigenvalue weighted by Gasteiger charge is 2.18. The number of pyridine rings is 1. The van der Waals surface area contributed by atoms with E-state index in [2.05, 4.69) is 47.4 Å². The van der Waals surface area contributed by atoms with E-state index in [4.69, 9.17) is 12.2 Å². The molecule has 0 saturated heterocycles. The first kappa shape index (κ1) is 13.3. The molecule has 0 amide bonds. The van der Waals surface area contributed by atoms with E-state index in [1.807, 2.05) is 18.3 Å². The van der Waals surface area contributed by atoms with Gasteiger partial charge in [-0.1, -0.05) is 39.0 Å². The fraction of sp³-hybridized carbons (Fsp3) is 0.375. The van der Waals surface area contributed by atoms with Gasteiger partial charge in [0.1, 0.15) is 0 Å². The van der Waals surface area contributed by atoms with Gasteiger partial charge in [0.15, 0.2) is 4.77 Å². The SMILES string of the molecule is CCC(C(C)C)n1c(=S)[nH]c2cnc3ccccc3c21. The zero-order valence-electron chi connectivity index (χ0n) is 12.1. The first-order chi connectivity index (χ1) is 9.63. The van der Waals surface area contributed by atoms with Crippen LogP contribution >= 0.6 is 12.2 Å². The van der Waals surface area contributed by atoms with Gasteiger partial charge in [0, 0.05) is 11.4 Å². The van der Waals surface area contributed by atoms with E-state index in [-0.39, 0.29) is 0 Å². The molecule has 1 N–H and O–H groups in total. The van der Waals surface area contributed by atoms with Crippen LogP contribution in [-0.4, -0.2) is 14.5 Å². The number of H-pyrrole nitrogens is 1. The van der Waals surface area contributed by atoms with Crippen molar-refractivity contribution in [3.8, 4) is 0 Å². The predicted octanol–water partition coefficient (Wildman–Crippen LogP) is 4.85. The molecule has 1 unspecified atom stereocenters. The van der Waals surface area contributed by atoms with Gasteiger partial charge in [-0.05, 0) is 30.6 Å². The summed E-state index contributed by atoms with van der Waals surface area (Å²) in [6.07, 6.45) is 2.95. The van der Waals surface area contributed by atoms with Crippen molar-refractivity contribution in [2.75, 3.05) is 0 Å². The van der Waals surface area contributed by atoms with Crippen molar-refractivity contribution in [2.24, 2.45) is 5.92 Å². The van der Waals surface area contributed by atoms with Crippen LogP contribution in [0.4, 0.5) is 0 Å². The largest absolute Gasteiger partial charge is 0.329 e. The summed E-state index contributed by atoms with van der Waals surface area (Å²) in [6, 6.07) is 8.65. The number of nitrogens with one attached hydrogen (secondary N) is 1. The topological polar surface area (TPSA) is 33.6 Å². The summed E-state index contributed by atoms with van der Waals surface area (Å²) in [7, 11) is 0. The third-order valence-corrected chi connectivity index (χ3v) is 4.27. The van der Waals surface area contributed by atoms with E-state index >= 15 is 0 Å². The molecule has 20 heavy (non-hydrogen) atoms. The molecule has 2 heterocycles. The normalized spacial score (nSPS) is 13.4. The number of fused-ring (bicyclic) bond motifs is 3. The Kier molecular flexibility index (Phi) is 3.34. The van der Waals surface area contributed by atoms with E-state index in [9.17, 15) is 0 Å². The molecule has 1 atom stereocenters. The average Bonchev–Trinajstić information content (AvgIpc) is 2.76. The molecule has 0 saturated carbocycles. The van der Waals surface area contributed by atoms with Crippen LogP contribution in [0.1, 0.15) is 33.2 Å². The van der Waals surface area contributed by atoms with Crippen molar-refractivity contribution >= 4 is 34.2 Å². The van der Waals surface area contributed by atoms with Crippen LogP contribution in [-0.2, 0) is 0 Å².